The second kappa shape index (κ2) is 6.93. The van der Waals surface area contributed by atoms with Crippen LogP contribution in [-0.4, -0.2) is 36.5 Å². The van der Waals surface area contributed by atoms with E-state index in [0.717, 1.165) is 16.9 Å². The Labute approximate surface area is 145 Å². The molecule has 5 nitrogen and oxygen atoms in total. The fourth-order valence-electron chi connectivity index (χ4n) is 2.60. The SMILES string of the molecule is Cc1ccc(NC(=O)CN2CCN(c3ccc(Cl)cc3)C2=O)cc1. The molecule has 0 bridgehead atoms. The van der Waals surface area contributed by atoms with Gasteiger partial charge in [0, 0.05) is 29.5 Å². The zero-order chi connectivity index (χ0) is 17.1. The van der Waals surface area contributed by atoms with Crippen molar-refractivity contribution in [3.05, 3.63) is 59.1 Å². The lowest BCUT2D eigenvalue weighted by Crippen LogP contribution is -2.37. The highest BCUT2D eigenvalue weighted by atomic mass is 35.5. The topological polar surface area (TPSA) is 52.7 Å². The third-order valence-electron chi connectivity index (χ3n) is 3.90. The predicted molar refractivity (Wildman–Crippen MR) is 95.6 cm³/mol. The molecule has 0 radical (unpaired) electrons. The number of halogens is 1. The van der Waals surface area contributed by atoms with E-state index in [-0.39, 0.29) is 18.5 Å². The van der Waals surface area contributed by atoms with E-state index in [1.165, 1.54) is 4.90 Å². The number of anilines is 2. The van der Waals surface area contributed by atoms with Gasteiger partial charge in [-0.3, -0.25) is 9.69 Å². The Kier molecular flexibility index (Phi) is 4.71. The van der Waals surface area contributed by atoms with Crippen LogP contribution < -0.4 is 10.2 Å². The lowest BCUT2D eigenvalue weighted by molar-refractivity contribution is -0.116. The minimum Gasteiger partial charge on any atom is -0.325 e. The summed E-state index contributed by atoms with van der Waals surface area (Å²) in [6.07, 6.45) is 0. The first-order valence-corrected chi connectivity index (χ1v) is 8.09. The van der Waals surface area contributed by atoms with Gasteiger partial charge in [-0.15, -0.1) is 0 Å². The molecule has 1 N–H and O–H groups in total. The average Bonchev–Trinajstić information content (AvgIpc) is 2.91. The van der Waals surface area contributed by atoms with Crippen molar-refractivity contribution in [2.24, 2.45) is 0 Å². The van der Waals surface area contributed by atoms with Crippen LogP contribution in [0.15, 0.2) is 48.5 Å². The molecule has 1 aliphatic heterocycles. The third-order valence-corrected chi connectivity index (χ3v) is 4.16. The van der Waals surface area contributed by atoms with Crippen molar-refractivity contribution >= 4 is 34.9 Å². The number of aryl methyl sites for hydroxylation is 1. The Morgan fingerprint density at radius 1 is 1.08 bits per heavy atom. The van der Waals surface area contributed by atoms with Crippen molar-refractivity contribution < 1.29 is 9.59 Å². The molecule has 1 aliphatic rings. The van der Waals surface area contributed by atoms with E-state index < -0.39 is 0 Å². The van der Waals surface area contributed by atoms with Crippen LogP contribution in [0.3, 0.4) is 0 Å². The van der Waals surface area contributed by atoms with E-state index in [2.05, 4.69) is 5.32 Å². The molecule has 1 heterocycles. The monoisotopic (exact) mass is 343 g/mol. The molecule has 0 saturated carbocycles. The minimum atomic E-state index is -0.204. The van der Waals surface area contributed by atoms with E-state index in [4.69, 9.17) is 11.6 Å². The standard InChI is InChI=1S/C18H18ClN3O2/c1-13-2-6-15(7-3-13)20-17(23)12-21-10-11-22(18(21)24)16-8-4-14(19)5-9-16/h2-9H,10-12H2,1H3,(H,20,23). The van der Waals surface area contributed by atoms with Gasteiger partial charge in [0.05, 0.1) is 0 Å². The number of carbonyl (C=O) groups excluding carboxylic acids is 2. The molecular weight excluding hydrogens is 326 g/mol. The van der Waals surface area contributed by atoms with Crippen LogP contribution in [0, 0.1) is 6.92 Å². The molecule has 2 aromatic carbocycles. The number of hydrogen-bond donors (Lipinski definition) is 1. The van der Waals surface area contributed by atoms with Crippen molar-refractivity contribution in [1.82, 2.24) is 4.90 Å². The summed E-state index contributed by atoms with van der Waals surface area (Å²) in [5, 5.41) is 3.43. The molecule has 0 spiro atoms. The summed E-state index contributed by atoms with van der Waals surface area (Å²) < 4.78 is 0. The molecule has 1 fully saturated rings. The van der Waals surface area contributed by atoms with Gasteiger partial charge in [-0.2, -0.15) is 0 Å². The number of carbonyl (C=O) groups is 2. The first-order chi connectivity index (χ1) is 11.5. The van der Waals surface area contributed by atoms with Gasteiger partial charge in [-0.1, -0.05) is 29.3 Å². The highest BCUT2D eigenvalue weighted by Crippen LogP contribution is 2.22. The average molecular weight is 344 g/mol. The molecule has 3 rings (SSSR count). The fourth-order valence-corrected chi connectivity index (χ4v) is 2.73. The molecule has 124 valence electrons. The number of amides is 3. The maximum absolute atomic E-state index is 12.5. The molecule has 3 amide bonds. The highest BCUT2D eigenvalue weighted by molar-refractivity contribution is 6.30. The third kappa shape index (κ3) is 3.68. The molecule has 24 heavy (non-hydrogen) atoms. The van der Waals surface area contributed by atoms with Crippen LogP contribution in [-0.2, 0) is 4.79 Å². The van der Waals surface area contributed by atoms with Gasteiger partial charge in [0.2, 0.25) is 5.91 Å². The van der Waals surface area contributed by atoms with Gasteiger partial charge in [-0.05, 0) is 43.3 Å². The number of nitrogens with zero attached hydrogens (tertiary/aromatic N) is 2. The van der Waals surface area contributed by atoms with Crippen molar-refractivity contribution in [1.29, 1.82) is 0 Å². The molecule has 1 saturated heterocycles. The van der Waals surface area contributed by atoms with Crippen molar-refractivity contribution in [3.63, 3.8) is 0 Å². The second-order valence-corrected chi connectivity index (χ2v) is 6.18. The molecular formula is C18H18ClN3O2. The van der Waals surface area contributed by atoms with E-state index in [1.54, 1.807) is 29.2 Å². The lowest BCUT2D eigenvalue weighted by atomic mass is 10.2. The molecule has 0 atom stereocenters. The molecule has 2 aromatic rings. The maximum atomic E-state index is 12.5. The number of nitrogens with one attached hydrogen (secondary N) is 1. The summed E-state index contributed by atoms with van der Waals surface area (Å²) in [5.74, 6) is -0.204. The number of hydrogen-bond acceptors (Lipinski definition) is 2. The fraction of sp³-hybridized carbons (Fsp3) is 0.222. The Bertz CT molecular complexity index is 744. The van der Waals surface area contributed by atoms with Gasteiger partial charge >= 0.3 is 6.03 Å². The van der Waals surface area contributed by atoms with Gasteiger partial charge in [0.1, 0.15) is 6.54 Å². The second-order valence-electron chi connectivity index (χ2n) is 5.75. The smallest absolute Gasteiger partial charge is 0.325 e. The number of rotatable bonds is 4. The Morgan fingerprint density at radius 3 is 2.42 bits per heavy atom. The predicted octanol–water partition coefficient (Wildman–Crippen LogP) is 3.53. The van der Waals surface area contributed by atoms with Gasteiger partial charge in [-0.25, -0.2) is 4.79 Å². The maximum Gasteiger partial charge on any atom is 0.325 e. The summed E-state index contributed by atoms with van der Waals surface area (Å²) in [6.45, 7) is 3.09. The van der Waals surface area contributed by atoms with Crippen molar-refractivity contribution in [2.45, 2.75) is 6.92 Å². The van der Waals surface area contributed by atoms with Crippen molar-refractivity contribution in [2.75, 3.05) is 29.9 Å². The number of benzene rings is 2. The quantitative estimate of drug-likeness (QED) is 0.923. The zero-order valence-electron chi connectivity index (χ0n) is 13.3. The van der Waals surface area contributed by atoms with E-state index in [1.807, 2.05) is 31.2 Å². The van der Waals surface area contributed by atoms with Crippen LogP contribution in [0.2, 0.25) is 5.02 Å². The summed E-state index contributed by atoms with van der Waals surface area (Å²) in [6, 6.07) is 14.5. The van der Waals surface area contributed by atoms with Gasteiger partial charge in [0.25, 0.3) is 0 Å². The van der Waals surface area contributed by atoms with Gasteiger partial charge < -0.3 is 10.2 Å². The number of urea groups is 1. The minimum absolute atomic E-state index is 0.0385. The van der Waals surface area contributed by atoms with Crippen LogP contribution in [0.5, 0.6) is 0 Å². The lowest BCUT2D eigenvalue weighted by Gasteiger charge is -2.18. The Morgan fingerprint density at radius 2 is 1.75 bits per heavy atom. The zero-order valence-corrected chi connectivity index (χ0v) is 14.1. The van der Waals surface area contributed by atoms with E-state index >= 15 is 0 Å². The Hall–Kier alpha value is -2.53. The normalized spacial score (nSPS) is 14.2. The molecule has 0 aliphatic carbocycles. The van der Waals surface area contributed by atoms with Crippen molar-refractivity contribution in [3.8, 4) is 0 Å². The van der Waals surface area contributed by atoms with Crippen LogP contribution in [0.25, 0.3) is 0 Å². The summed E-state index contributed by atoms with van der Waals surface area (Å²) in [7, 11) is 0. The molecule has 6 heteroatoms. The summed E-state index contributed by atoms with van der Waals surface area (Å²) in [5.41, 5.74) is 2.64. The van der Waals surface area contributed by atoms with Crippen LogP contribution in [0.4, 0.5) is 16.2 Å². The highest BCUT2D eigenvalue weighted by Gasteiger charge is 2.30. The van der Waals surface area contributed by atoms with Gasteiger partial charge in [0.15, 0.2) is 0 Å². The van der Waals surface area contributed by atoms with E-state index in [0.29, 0.717) is 18.1 Å². The summed E-state index contributed by atoms with van der Waals surface area (Å²) in [4.78, 5) is 27.8. The van der Waals surface area contributed by atoms with Crippen LogP contribution in [0.1, 0.15) is 5.56 Å². The Balaban J connectivity index is 1.60. The van der Waals surface area contributed by atoms with Crippen LogP contribution >= 0.6 is 11.6 Å². The first-order valence-electron chi connectivity index (χ1n) is 7.71. The molecule has 0 aromatic heterocycles. The summed E-state index contributed by atoms with van der Waals surface area (Å²) >= 11 is 5.87. The largest absolute Gasteiger partial charge is 0.325 e. The molecule has 0 unspecified atom stereocenters. The first kappa shape index (κ1) is 16.3. The van der Waals surface area contributed by atoms with E-state index in [9.17, 15) is 9.59 Å².